The van der Waals surface area contributed by atoms with Gasteiger partial charge in [0, 0.05) is 11.5 Å². The third kappa shape index (κ3) is 4.34. The Hall–Kier alpha value is -1.48. The summed E-state index contributed by atoms with van der Waals surface area (Å²) in [6, 6.07) is 8.04. The largest absolute Gasteiger partial charge is 0.376 e. The van der Waals surface area contributed by atoms with Gasteiger partial charge in [-0.25, -0.2) is 0 Å². The topological polar surface area (TPSA) is 57.0 Å². The van der Waals surface area contributed by atoms with Crippen LogP contribution in [0.2, 0.25) is 0 Å². The summed E-state index contributed by atoms with van der Waals surface area (Å²) in [7, 11) is 0. The summed E-state index contributed by atoms with van der Waals surface area (Å²) >= 11 is 4.70. The molecule has 1 unspecified atom stereocenters. The molecular formula is C19H21N3O2S3. The molecule has 1 aliphatic heterocycles. The number of hydrogen-bond acceptors (Lipinski definition) is 7. The highest BCUT2D eigenvalue weighted by atomic mass is 32.2. The van der Waals surface area contributed by atoms with Crippen molar-refractivity contribution in [1.29, 1.82) is 0 Å². The molecule has 3 aromatic heterocycles. The molecule has 0 aromatic carbocycles. The zero-order chi connectivity index (χ0) is 18.6. The maximum Gasteiger partial charge on any atom is 0.192 e. The smallest absolute Gasteiger partial charge is 0.192 e. The zero-order valence-corrected chi connectivity index (χ0v) is 17.5. The number of aromatic nitrogens is 3. The van der Waals surface area contributed by atoms with E-state index in [0.29, 0.717) is 5.75 Å². The summed E-state index contributed by atoms with van der Waals surface area (Å²) < 4.78 is 7.93. The van der Waals surface area contributed by atoms with Gasteiger partial charge in [-0.3, -0.25) is 9.36 Å². The summed E-state index contributed by atoms with van der Waals surface area (Å²) in [6.07, 6.45) is 3.31. The number of rotatable bonds is 8. The second kappa shape index (κ2) is 8.68. The highest BCUT2D eigenvalue weighted by molar-refractivity contribution is 7.99. The monoisotopic (exact) mass is 419 g/mol. The predicted molar refractivity (Wildman–Crippen MR) is 111 cm³/mol. The van der Waals surface area contributed by atoms with Crippen LogP contribution in [0.15, 0.2) is 34.8 Å². The van der Waals surface area contributed by atoms with Crippen LogP contribution in [0.5, 0.6) is 0 Å². The molecule has 0 saturated carbocycles. The first-order chi connectivity index (χ1) is 13.2. The minimum atomic E-state index is 0.147. The number of thiophene rings is 2. The molecule has 0 N–H and O–H groups in total. The van der Waals surface area contributed by atoms with Gasteiger partial charge in [0.25, 0.3) is 0 Å². The van der Waals surface area contributed by atoms with Crippen LogP contribution in [-0.4, -0.2) is 39.0 Å². The number of ether oxygens (including phenoxy) is 1. The number of thioether (sulfide) groups is 1. The molecule has 1 aliphatic rings. The van der Waals surface area contributed by atoms with Crippen molar-refractivity contribution in [1.82, 2.24) is 14.8 Å². The first-order valence-corrected chi connectivity index (χ1v) is 11.8. The molecule has 142 valence electrons. The summed E-state index contributed by atoms with van der Waals surface area (Å²) in [5.74, 6) is 1.38. The average molecular weight is 420 g/mol. The van der Waals surface area contributed by atoms with E-state index in [1.54, 1.807) is 22.7 Å². The SMILES string of the molecule is CCc1ccc(C(=O)CSc2nnc(-c3cccs3)n2CC2CCCO2)s1. The molecule has 0 amide bonds. The van der Waals surface area contributed by atoms with E-state index in [1.807, 2.05) is 23.6 Å². The molecule has 4 rings (SSSR count). The van der Waals surface area contributed by atoms with Gasteiger partial charge in [0.2, 0.25) is 0 Å². The highest BCUT2D eigenvalue weighted by Crippen LogP contribution is 2.29. The van der Waals surface area contributed by atoms with Crippen LogP contribution < -0.4 is 0 Å². The van der Waals surface area contributed by atoms with Crippen molar-refractivity contribution >= 4 is 40.2 Å². The number of carbonyl (C=O) groups excluding carboxylic acids is 1. The van der Waals surface area contributed by atoms with Gasteiger partial charge in [-0.05, 0) is 42.8 Å². The molecule has 8 heteroatoms. The van der Waals surface area contributed by atoms with Crippen LogP contribution in [0, 0.1) is 0 Å². The molecule has 0 bridgehead atoms. The quantitative estimate of drug-likeness (QED) is 0.388. The molecule has 1 fully saturated rings. The predicted octanol–water partition coefficient (Wildman–Crippen LogP) is 4.78. The van der Waals surface area contributed by atoms with Crippen LogP contribution in [0.25, 0.3) is 10.7 Å². The molecule has 3 aromatic rings. The third-order valence-electron chi connectivity index (χ3n) is 4.49. The van der Waals surface area contributed by atoms with Crippen molar-refractivity contribution in [2.75, 3.05) is 12.4 Å². The van der Waals surface area contributed by atoms with Gasteiger partial charge < -0.3 is 4.74 Å². The van der Waals surface area contributed by atoms with Crippen LogP contribution in [0.3, 0.4) is 0 Å². The number of Topliss-reactive ketones (excluding diaryl/α,β-unsaturated/α-hetero) is 1. The molecule has 0 aliphatic carbocycles. The molecule has 27 heavy (non-hydrogen) atoms. The molecule has 0 radical (unpaired) electrons. The van der Waals surface area contributed by atoms with Crippen molar-refractivity contribution in [3.63, 3.8) is 0 Å². The van der Waals surface area contributed by atoms with E-state index in [4.69, 9.17) is 4.74 Å². The van der Waals surface area contributed by atoms with E-state index in [0.717, 1.165) is 53.1 Å². The Bertz CT molecular complexity index is 895. The Morgan fingerprint density at radius 3 is 3.00 bits per heavy atom. The van der Waals surface area contributed by atoms with Crippen molar-refractivity contribution in [2.45, 2.75) is 44.0 Å². The van der Waals surface area contributed by atoms with Crippen LogP contribution in [0.4, 0.5) is 0 Å². The molecular weight excluding hydrogens is 398 g/mol. The Labute approximate surface area is 170 Å². The van der Waals surface area contributed by atoms with Gasteiger partial charge in [-0.1, -0.05) is 24.8 Å². The van der Waals surface area contributed by atoms with Gasteiger partial charge >= 0.3 is 0 Å². The lowest BCUT2D eigenvalue weighted by molar-refractivity contribution is 0.0953. The van der Waals surface area contributed by atoms with Gasteiger partial charge in [-0.2, -0.15) is 0 Å². The lowest BCUT2D eigenvalue weighted by Crippen LogP contribution is -2.16. The van der Waals surface area contributed by atoms with Crippen LogP contribution >= 0.6 is 34.4 Å². The molecule has 1 saturated heterocycles. The van der Waals surface area contributed by atoms with E-state index in [-0.39, 0.29) is 11.9 Å². The van der Waals surface area contributed by atoms with E-state index >= 15 is 0 Å². The Morgan fingerprint density at radius 2 is 2.30 bits per heavy atom. The van der Waals surface area contributed by atoms with Gasteiger partial charge in [-0.15, -0.1) is 32.9 Å². The summed E-state index contributed by atoms with van der Waals surface area (Å²) in [6.45, 7) is 3.66. The highest BCUT2D eigenvalue weighted by Gasteiger charge is 2.23. The Kier molecular flexibility index (Phi) is 6.07. The second-order valence-corrected chi connectivity index (χ2v) is 9.42. The number of carbonyl (C=O) groups is 1. The van der Waals surface area contributed by atoms with Crippen molar-refractivity contribution in [3.05, 3.63) is 39.4 Å². The number of aryl methyl sites for hydroxylation is 1. The van der Waals surface area contributed by atoms with Gasteiger partial charge in [0.15, 0.2) is 16.8 Å². The minimum Gasteiger partial charge on any atom is -0.376 e. The fraction of sp³-hybridized carbons (Fsp3) is 0.421. The van der Waals surface area contributed by atoms with Crippen molar-refractivity contribution in [3.8, 4) is 10.7 Å². The number of nitrogens with zero attached hydrogens (tertiary/aromatic N) is 3. The van der Waals surface area contributed by atoms with E-state index in [1.165, 1.54) is 16.6 Å². The summed E-state index contributed by atoms with van der Waals surface area (Å²) in [5, 5.41) is 11.6. The van der Waals surface area contributed by atoms with E-state index in [9.17, 15) is 4.79 Å². The van der Waals surface area contributed by atoms with Crippen molar-refractivity contribution < 1.29 is 9.53 Å². The summed E-state index contributed by atoms with van der Waals surface area (Å²) in [5.41, 5.74) is 0. The number of hydrogen-bond donors (Lipinski definition) is 0. The van der Waals surface area contributed by atoms with Crippen LogP contribution in [0.1, 0.15) is 34.3 Å². The van der Waals surface area contributed by atoms with Crippen LogP contribution in [-0.2, 0) is 17.7 Å². The fourth-order valence-electron chi connectivity index (χ4n) is 3.06. The maximum absolute atomic E-state index is 12.5. The zero-order valence-electron chi connectivity index (χ0n) is 15.1. The lowest BCUT2D eigenvalue weighted by Gasteiger charge is -2.14. The maximum atomic E-state index is 12.5. The number of ketones is 1. The third-order valence-corrected chi connectivity index (χ3v) is 7.59. The van der Waals surface area contributed by atoms with E-state index < -0.39 is 0 Å². The fourth-order valence-corrected chi connectivity index (χ4v) is 5.58. The Morgan fingerprint density at radius 1 is 1.37 bits per heavy atom. The van der Waals surface area contributed by atoms with Gasteiger partial charge in [0.1, 0.15) is 0 Å². The second-order valence-electron chi connectivity index (χ2n) is 6.36. The molecule has 4 heterocycles. The first-order valence-electron chi connectivity index (χ1n) is 9.08. The average Bonchev–Trinajstić information content (AvgIpc) is 3.47. The Balaban J connectivity index is 1.51. The van der Waals surface area contributed by atoms with Crippen molar-refractivity contribution in [2.24, 2.45) is 0 Å². The molecule has 0 spiro atoms. The van der Waals surface area contributed by atoms with E-state index in [2.05, 4.69) is 27.8 Å². The summed E-state index contributed by atoms with van der Waals surface area (Å²) in [4.78, 5) is 15.7. The first kappa shape index (κ1) is 18.9. The molecule has 5 nitrogen and oxygen atoms in total. The van der Waals surface area contributed by atoms with Gasteiger partial charge in [0.05, 0.1) is 28.2 Å². The normalized spacial score (nSPS) is 16.9. The lowest BCUT2D eigenvalue weighted by atomic mass is 10.2. The standard InChI is InChI=1S/C19H21N3O2S3/c1-2-14-7-8-16(27-14)15(23)12-26-19-21-20-18(17-6-4-10-25-17)22(19)11-13-5-3-9-24-13/h4,6-8,10,13H,2-3,5,9,11-12H2,1H3. The minimum absolute atomic E-state index is 0.147. The molecule has 1 atom stereocenters.